The summed E-state index contributed by atoms with van der Waals surface area (Å²) in [4.78, 5) is 7.14. The number of piperazine rings is 1. The van der Waals surface area contributed by atoms with Crippen LogP contribution < -0.4 is 5.32 Å². The second-order valence-corrected chi connectivity index (χ2v) is 6.50. The highest BCUT2D eigenvalue weighted by Crippen LogP contribution is 2.37. The van der Waals surface area contributed by atoms with Crippen LogP contribution in [0.15, 0.2) is 11.6 Å². The normalized spacial score (nSPS) is 28.9. The van der Waals surface area contributed by atoms with Crippen molar-refractivity contribution in [1.82, 2.24) is 15.2 Å². The lowest BCUT2D eigenvalue weighted by Crippen LogP contribution is -2.62. The van der Waals surface area contributed by atoms with Crippen molar-refractivity contribution in [2.45, 2.75) is 50.7 Å². The molecule has 4 heteroatoms. The van der Waals surface area contributed by atoms with Crippen molar-refractivity contribution in [3.63, 3.8) is 0 Å². The molecule has 2 fully saturated rings. The summed E-state index contributed by atoms with van der Waals surface area (Å²) in [7, 11) is 0. The van der Waals surface area contributed by atoms with Crippen molar-refractivity contribution in [3.05, 3.63) is 16.6 Å². The fourth-order valence-corrected chi connectivity index (χ4v) is 3.95. The van der Waals surface area contributed by atoms with E-state index >= 15 is 0 Å². The van der Waals surface area contributed by atoms with Crippen molar-refractivity contribution in [2.24, 2.45) is 0 Å². The first-order valence-corrected chi connectivity index (χ1v) is 7.53. The van der Waals surface area contributed by atoms with Gasteiger partial charge in [0.25, 0.3) is 0 Å². The van der Waals surface area contributed by atoms with Crippen LogP contribution in [0.1, 0.15) is 37.6 Å². The zero-order valence-electron chi connectivity index (χ0n) is 10.5. The topological polar surface area (TPSA) is 28.2 Å². The molecule has 0 aromatic carbocycles. The molecule has 2 aliphatic rings. The average molecular weight is 251 g/mol. The zero-order chi connectivity index (χ0) is 11.7. The van der Waals surface area contributed by atoms with Crippen LogP contribution in [0.25, 0.3) is 0 Å². The maximum absolute atomic E-state index is 4.45. The Morgan fingerprint density at radius 1 is 1.53 bits per heavy atom. The van der Waals surface area contributed by atoms with Crippen LogP contribution >= 0.6 is 11.3 Å². The molecule has 3 rings (SSSR count). The Morgan fingerprint density at radius 2 is 2.35 bits per heavy atom. The first-order valence-electron chi connectivity index (χ1n) is 6.65. The average Bonchev–Trinajstić information content (AvgIpc) is 2.96. The van der Waals surface area contributed by atoms with Gasteiger partial charge in [-0.3, -0.25) is 4.90 Å². The molecule has 17 heavy (non-hydrogen) atoms. The van der Waals surface area contributed by atoms with Gasteiger partial charge in [-0.25, -0.2) is 4.98 Å². The van der Waals surface area contributed by atoms with Gasteiger partial charge in [0.05, 0.1) is 6.54 Å². The summed E-state index contributed by atoms with van der Waals surface area (Å²) in [5.41, 5.74) is 0.429. The largest absolute Gasteiger partial charge is 0.311 e. The lowest BCUT2D eigenvalue weighted by molar-refractivity contribution is 0.0392. The van der Waals surface area contributed by atoms with Crippen molar-refractivity contribution in [2.75, 3.05) is 13.1 Å². The lowest BCUT2D eigenvalue weighted by atomic mass is 9.91. The number of nitrogens with zero attached hydrogens (tertiary/aromatic N) is 2. The highest BCUT2D eigenvalue weighted by Gasteiger charge is 2.42. The van der Waals surface area contributed by atoms with Crippen LogP contribution in [0.4, 0.5) is 0 Å². The lowest BCUT2D eigenvalue weighted by Gasteiger charge is -2.47. The van der Waals surface area contributed by atoms with E-state index in [9.17, 15) is 0 Å². The van der Waals surface area contributed by atoms with Crippen LogP contribution in [-0.2, 0) is 6.54 Å². The molecular formula is C13H21N3S. The van der Waals surface area contributed by atoms with Gasteiger partial charge in [-0.05, 0) is 19.8 Å². The molecule has 1 saturated heterocycles. The minimum atomic E-state index is 0.429. The molecule has 3 nitrogen and oxygen atoms in total. The van der Waals surface area contributed by atoms with Gasteiger partial charge in [0.2, 0.25) is 0 Å². The van der Waals surface area contributed by atoms with Crippen LogP contribution in [0, 0.1) is 0 Å². The molecule has 1 aliphatic heterocycles. The van der Waals surface area contributed by atoms with E-state index in [0.717, 1.165) is 6.54 Å². The molecule has 1 saturated carbocycles. The van der Waals surface area contributed by atoms with Gasteiger partial charge in [-0.2, -0.15) is 0 Å². The summed E-state index contributed by atoms with van der Waals surface area (Å²) < 4.78 is 0. The standard InChI is InChI=1S/C13H21N3S/c1-11-8-16(9-12-14-6-7-17-12)13(10-15-11)4-2-3-5-13/h6-7,11,15H,2-5,8-10H2,1H3. The summed E-state index contributed by atoms with van der Waals surface area (Å²) in [5, 5.41) is 7.02. The minimum absolute atomic E-state index is 0.429. The highest BCUT2D eigenvalue weighted by molar-refractivity contribution is 7.09. The summed E-state index contributed by atoms with van der Waals surface area (Å²) in [5.74, 6) is 0. The van der Waals surface area contributed by atoms with Gasteiger partial charge in [-0.15, -0.1) is 11.3 Å². The first kappa shape index (κ1) is 11.6. The molecule has 0 bridgehead atoms. The zero-order valence-corrected chi connectivity index (χ0v) is 11.3. The van der Waals surface area contributed by atoms with E-state index in [1.807, 2.05) is 6.20 Å². The second kappa shape index (κ2) is 4.67. The molecule has 2 heterocycles. The number of thiazole rings is 1. The number of rotatable bonds is 2. The monoisotopic (exact) mass is 251 g/mol. The molecule has 1 atom stereocenters. The van der Waals surface area contributed by atoms with Gasteiger partial charge in [0.1, 0.15) is 5.01 Å². The predicted octanol–water partition coefficient (Wildman–Crippen LogP) is 2.25. The first-order chi connectivity index (χ1) is 8.28. The molecule has 1 spiro atoms. The van der Waals surface area contributed by atoms with Crippen molar-refractivity contribution >= 4 is 11.3 Å². The third-order valence-corrected chi connectivity index (χ3v) is 5.05. The molecule has 1 unspecified atom stereocenters. The van der Waals surface area contributed by atoms with E-state index in [-0.39, 0.29) is 0 Å². The smallest absolute Gasteiger partial charge is 0.107 e. The maximum Gasteiger partial charge on any atom is 0.107 e. The summed E-state index contributed by atoms with van der Waals surface area (Å²) in [6.07, 6.45) is 7.43. The second-order valence-electron chi connectivity index (χ2n) is 5.52. The number of nitrogens with one attached hydrogen (secondary N) is 1. The molecule has 1 aromatic heterocycles. The Balaban J connectivity index is 1.77. The van der Waals surface area contributed by atoms with E-state index in [2.05, 4.69) is 27.5 Å². The molecule has 1 N–H and O–H groups in total. The van der Waals surface area contributed by atoms with Gasteiger partial charge in [0, 0.05) is 36.2 Å². The number of hydrogen-bond acceptors (Lipinski definition) is 4. The molecular weight excluding hydrogens is 230 g/mol. The van der Waals surface area contributed by atoms with Gasteiger partial charge < -0.3 is 5.32 Å². The van der Waals surface area contributed by atoms with Crippen LogP contribution in [0.2, 0.25) is 0 Å². The van der Waals surface area contributed by atoms with Gasteiger partial charge in [-0.1, -0.05) is 12.8 Å². The van der Waals surface area contributed by atoms with Crippen LogP contribution in [-0.4, -0.2) is 34.6 Å². The summed E-state index contributed by atoms with van der Waals surface area (Å²) >= 11 is 1.79. The fraction of sp³-hybridized carbons (Fsp3) is 0.769. The minimum Gasteiger partial charge on any atom is -0.311 e. The molecule has 0 amide bonds. The van der Waals surface area contributed by atoms with E-state index in [4.69, 9.17) is 0 Å². The Hall–Kier alpha value is -0.450. The summed E-state index contributed by atoms with van der Waals surface area (Å²) in [6.45, 7) is 5.67. The van der Waals surface area contributed by atoms with Crippen molar-refractivity contribution < 1.29 is 0 Å². The maximum atomic E-state index is 4.45. The van der Waals surface area contributed by atoms with Crippen molar-refractivity contribution in [3.8, 4) is 0 Å². The van der Waals surface area contributed by atoms with E-state index in [0.29, 0.717) is 11.6 Å². The van der Waals surface area contributed by atoms with Crippen molar-refractivity contribution in [1.29, 1.82) is 0 Å². The number of hydrogen-bond donors (Lipinski definition) is 1. The van der Waals surface area contributed by atoms with Gasteiger partial charge in [0.15, 0.2) is 0 Å². The van der Waals surface area contributed by atoms with Crippen LogP contribution in [0.3, 0.4) is 0 Å². The van der Waals surface area contributed by atoms with E-state index in [1.54, 1.807) is 11.3 Å². The third-order valence-electron chi connectivity index (χ3n) is 4.29. The fourth-order valence-electron chi connectivity index (χ4n) is 3.32. The molecule has 0 radical (unpaired) electrons. The Bertz CT molecular complexity index is 357. The van der Waals surface area contributed by atoms with E-state index < -0.39 is 0 Å². The quantitative estimate of drug-likeness (QED) is 0.874. The third kappa shape index (κ3) is 2.26. The number of aromatic nitrogens is 1. The van der Waals surface area contributed by atoms with Crippen LogP contribution in [0.5, 0.6) is 0 Å². The Kier molecular flexibility index (Phi) is 3.19. The summed E-state index contributed by atoms with van der Waals surface area (Å²) in [6, 6.07) is 0.612. The molecule has 94 valence electrons. The highest BCUT2D eigenvalue weighted by atomic mass is 32.1. The SMILES string of the molecule is CC1CN(Cc2nccs2)C2(CCCC2)CN1. The molecule has 1 aliphatic carbocycles. The Morgan fingerprint density at radius 3 is 3.06 bits per heavy atom. The predicted molar refractivity (Wildman–Crippen MR) is 71.2 cm³/mol. The molecule has 1 aromatic rings. The Labute approximate surface area is 107 Å². The van der Waals surface area contributed by atoms with E-state index in [1.165, 1.54) is 43.8 Å². The van der Waals surface area contributed by atoms with Gasteiger partial charge >= 0.3 is 0 Å².